The van der Waals surface area contributed by atoms with Gasteiger partial charge < -0.3 is 10.6 Å². The van der Waals surface area contributed by atoms with Gasteiger partial charge in [0.1, 0.15) is 0 Å². The molecule has 2 unspecified atom stereocenters. The molecule has 1 aromatic heterocycles. The number of rotatable bonds is 4. The summed E-state index contributed by atoms with van der Waals surface area (Å²) in [7, 11) is -3.30. The van der Waals surface area contributed by atoms with E-state index in [1.54, 1.807) is 25.1 Å². The number of benzene rings is 1. The second-order valence-corrected chi connectivity index (χ2v) is 12.6. The number of amides is 2. The highest BCUT2D eigenvalue weighted by Crippen LogP contribution is 2.62. The minimum Gasteiger partial charge on any atom is -0.351 e. The molecule has 0 radical (unpaired) electrons. The molecule has 0 saturated heterocycles. The van der Waals surface area contributed by atoms with Crippen LogP contribution in [0.3, 0.4) is 0 Å². The number of sulfone groups is 1. The van der Waals surface area contributed by atoms with Crippen molar-refractivity contribution in [3.63, 3.8) is 0 Å². The Hall–Kier alpha value is -2.00. The summed E-state index contributed by atoms with van der Waals surface area (Å²) in [6.07, 6.45) is 6.66. The number of aromatic nitrogens is 1. The number of carbonyl (C=O) groups is 2. The van der Waals surface area contributed by atoms with Crippen molar-refractivity contribution in [2.45, 2.75) is 55.9 Å². The number of thiazole rings is 1. The van der Waals surface area contributed by atoms with E-state index < -0.39 is 15.3 Å². The van der Waals surface area contributed by atoms with Gasteiger partial charge in [0.25, 0.3) is 0 Å². The van der Waals surface area contributed by atoms with E-state index in [4.69, 9.17) is 0 Å². The SMILES string of the molecule is CC(=O)NC12C[C@H]3C[C@@H](C1)CC(C(=O)Nc1nc4ccc(S(C)(=O)=O)cc4s1)(C3)C2. The van der Waals surface area contributed by atoms with Gasteiger partial charge >= 0.3 is 0 Å². The highest BCUT2D eigenvalue weighted by atomic mass is 32.2. The molecule has 0 spiro atoms. The molecule has 2 aromatic rings. The fourth-order valence-corrected chi connectivity index (χ4v) is 8.09. The Balaban J connectivity index is 1.42. The second kappa shape index (κ2) is 6.50. The molecule has 1 aromatic carbocycles. The fourth-order valence-electron chi connectivity index (χ4n) is 6.47. The zero-order valence-electron chi connectivity index (χ0n) is 17.0. The van der Waals surface area contributed by atoms with E-state index in [1.165, 1.54) is 17.6 Å². The van der Waals surface area contributed by atoms with Crippen LogP contribution < -0.4 is 10.6 Å². The van der Waals surface area contributed by atoms with E-state index in [1.807, 2.05) is 0 Å². The van der Waals surface area contributed by atoms with Crippen molar-refractivity contribution in [1.29, 1.82) is 0 Å². The number of nitrogens with one attached hydrogen (secondary N) is 2. The first-order valence-corrected chi connectivity index (χ1v) is 13.0. The molecule has 0 aliphatic heterocycles. The maximum absolute atomic E-state index is 13.4. The van der Waals surface area contributed by atoms with Gasteiger partial charge in [-0.2, -0.15) is 0 Å². The molecule has 4 fully saturated rings. The summed E-state index contributed by atoms with van der Waals surface area (Å²) in [4.78, 5) is 30.0. The third-order valence-electron chi connectivity index (χ3n) is 6.99. The first-order valence-electron chi connectivity index (χ1n) is 10.3. The van der Waals surface area contributed by atoms with Crippen molar-refractivity contribution in [2.24, 2.45) is 17.3 Å². The Bertz CT molecular complexity index is 1160. The molecule has 30 heavy (non-hydrogen) atoms. The summed E-state index contributed by atoms with van der Waals surface area (Å²) in [5, 5.41) is 6.70. The van der Waals surface area contributed by atoms with Crippen LogP contribution >= 0.6 is 11.3 Å². The lowest BCUT2D eigenvalue weighted by Gasteiger charge is -2.61. The number of hydrogen-bond donors (Lipinski definition) is 2. The standard InChI is InChI=1S/C21H25N3O4S2/c1-12(25)24-21-9-13-5-14(10-21)8-20(7-13,11-21)18(26)23-19-22-16-4-3-15(30(2,27)28)6-17(16)29-19/h3-4,6,13-14H,5,7-11H2,1-2H3,(H,24,25)(H,22,23,26)/t13-,14+,20?,21?. The lowest BCUT2D eigenvalue weighted by Crippen LogP contribution is -2.65. The minimum atomic E-state index is -3.30. The maximum Gasteiger partial charge on any atom is 0.232 e. The number of hydrogen-bond acceptors (Lipinski definition) is 6. The smallest absolute Gasteiger partial charge is 0.232 e. The lowest BCUT2D eigenvalue weighted by molar-refractivity contribution is -0.148. The summed E-state index contributed by atoms with van der Waals surface area (Å²) >= 11 is 1.29. The van der Waals surface area contributed by atoms with Crippen LogP contribution in [0.15, 0.2) is 23.1 Å². The van der Waals surface area contributed by atoms with Gasteiger partial charge in [-0.05, 0) is 68.6 Å². The van der Waals surface area contributed by atoms with Gasteiger partial charge in [-0.15, -0.1) is 0 Å². The van der Waals surface area contributed by atoms with Gasteiger partial charge in [-0.1, -0.05) is 11.3 Å². The Labute approximate surface area is 179 Å². The van der Waals surface area contributed by atoms with Crippen LogP contribution in [0.1, 0.15) is 45.4 Å². The highest BCUT2D eigenvalue weighted by molar-refractivity contribution is 7.90. The van der Waals surface area contributed by atoms with E-state index in [-0.39, 0.29) is 22.2 Å². The molecule has 1 heterocycles. The fraction of sp³-hybridized carbons (Fsp3) is 0.571. The minimum absolute atomic E-state index is 0.0197. The van der Waals surface area contributed by atoms with Gasteiger partial charge in [0.2, 0.25) is 11.8 Å². The predicted octanol–water partition coefficient (Wildman–Crippen LogP) is 3.11. The topological polar surface area (TPSA) is 105 Å². The number of fused-ring (bicyclic) bond motifs is 1. The summed E-state index contributed by atoms with van der Waals surface area (Å²) < 4.78 is 24.4. The lowest BCUT2D eigenvalue weighted by atomic mass is 9.46. The van der Waals surface area contributed by atoms with Crippen molar-refractivity contribution in [1.82, 2.24) is 10.3 Å². The molecule has 4 aliphatic carbocycles. The first kappa shape index (κ1) is 19.9. The summed E-state index contributed by atoms with van der Waals surface area (Å²) in [6, 6.07) is 4.82. The van der Waals surface area contributed by atoms with Gasteiger partial charge in [-0.25, -0.2) is 13.4 Å². The first-order chi connectivity index (χ1) is 14.1. The van der Waals surface area contributed by atoms with Crippen LogP contribution in [0, 0.1) is 17.3 Å². The molecule has 6 rings (SSSR count). The van der Waals surface area contributed by atoms with Crippen molar-refractivity contribution < 1.29 is 18.0 Å². The van der Waals surface area contributed by atoms with E-state index >= 15 is 0 Å². The predicted molar refractivity (Wildman–Crippen MR) is 115 cm³/mol. The van der Waals surface area contributed by atoms with Crippen LogP contribution in [0.2, 0.25) is 0 Å². The molecule has 4 bridgehead atoms. The third kappa shape index (κ3) is 3.32. The number of nitrogens with zero attached hydrogens (tertiary/aromatic N) is 1. The summed E-state index contributed by atoms with van der Waals surface area (Å²) in [5.74, 6) is 0.891. The van der Waals surface area contributed by atoms with Crippen molar-refractivity contribution >= 4 is 48.3 Å². The van der Waals surface area contributed by atoms with Crippen molar-refractivity contribution in [3.8, 4) is 0 Å². The Morgan fingerprint density at radius 3 is 2.50 bits per heavy atom. The van der Waals surface area contributed by atoms with E-state index in [9.17, 15) is 18.0 Å². The van der Waals surface area contributed by atoms with Gasteiger partial charge in [-0.3, -0.25) is 9.59 Å². The van der Waals surface area contributed by atoms with Gasteiger partial charge in [0, 0.05) is 18.7 Å². The van der Waals surface area contributed by atoms with Crippen molar-refractivity contribution in [2.75, 3.05) is 11.6 Å². The molecule has 4 saturated carbocycles. The van der Waals surface area contributed by atoms with Gasteiger partial charge in [0.05, 0.1) is 20.5 Å². The van der Waals surface area contributed by atoms with Crippen molar-refractivity contribution in [3.05, 3.63) is 18.2 Å². The molecule has 9 heteroatoms. The molecular weight excluding hydrogens is 422 g/mol. The number of carbonyl (C=O) groups excluding carboxylic acids is 2. The van der Waals surface area contributed by atoms with E-state index in [2.05, 4.69) is 15.6 Å². The Morgan fingerprint density at radius 1 is 1.17 bits per heavy atom. The average Bonchev–Trinajstić information content (AvgIpc) is 3.00. The zero-order valence-corrected chi connectivity index (χ0v) is 18.7. The quantitative estimate of drug-likeness (QED) is 0.749. The van der Waals surface area contributed by atoms with Crippen LogP contribution in [-0.4, -0.2) is 37.0 Å². The second-order valence-electron chi connectivity index (χ2n) is 9.58. The Morgan fingerprint density at radius 2 is 1.87 bits per heavy atom. The monoisotopic (exact) mass is 447 g/mol. The number of anilines is 1. The molecule has 2 N–H and O–H groups in total. The van der Waals surface area contributed by atoms with Gasteiger partial charge in [0.15, 0.2) is 15.0 Å². The van der Waals surface area contributed by atoms with E-state index in [0.717, 1.165) is 36.8 Å². The van der Waals surface area contributed by atoms with E-state index in [0.29, 0.717) is 28.9 Å². The third-order valence-corrected chi connectivity index (χ3v) is 9.04. The molecule has 160 valence electrons. The van der Waals surface area contributed by atoms with Crippen LogP contribution in [-0.2, 0) is 19.4 Å². The molecule has 7 nitrogen and oxygen atoms in total. The summed E-state index contributed by atoms with van der Waals surface area (Å²) in [6.45, 7) is 1.55. The molecular formula is C21H25N3O4S2. The zero-order chi connectivity index (χ0) is 21.3. The maximum atomic E-state index is 13.4. The van der Waals surface area contributed by atoms with Crippen LogP contribution in [0.4, 0.5) is 5.13 Å². The van der Waals surface area contributed by atoms with Crippen LogP contribution in [0.5, 0.6) is 0 Å². The molecule has 4 aliphatic rings. The Kier molecular flexibility index (Phi) is 4.32. The highest BCUT2D eigenvalue weighted by Gasteiger charge is 2.60. The largest absolute Gasteiger partial charge is 0.351 e. The summed E-state index contributed by atoms with van der Waals surface area (Å²) in [5.41, 5.74) is -0.0593. The normalized spacial score (nSPS) is 32.3. The molecule has 4 atom stereocenters. The molecule has 2 amide bonds. The average molecular weight is 448 g/mol. The van der Waals surface area contributed by atoms with Crippen LogP contribution in [0.25, 0.3) is 10.2 Å².